The number of carbonyl (C=O) groups excluding carboxylic acids is 2. The van der Waals surface area contributed by atoms with Crippen LogP contribution in [0, 0.1) is 0 Å². The Hall–Kier alpha value is -1.65. The Morgan fingerprint density at radius 2 is 1.65 bits per heavy atom. The lowest BCUT2D eigenvalue weighted by atomic mass is 10.1. The molecule has 0 saturated carbocycles. The summed E-state index contributed by atoms with van der Waals surface area (Å²) in [5.41, 5.74) is 2.47. The van der Waals surface area contributed by atoms with Gasteiger partial charge in [0.05, 0.1) is 17.9 Å². The number of β-lactam (4-membered cyclic amide) rings is 1. The van der Waals surface area contributed by atoms with Gasteiger partial charge in [0.2, 0.25) is 8.61 Å². The number of benzene rings is 2. The topological polar surface area (TPSA) is 81.7 Å². The third-order valence-corrected chi connectivity index (χ3v) is 8.18. The molecule has 164 valence electrons. The second kappa shape index (κ2) is 10.3. The Bertz CT molecular complexity index is 966. The summed E-state index contributed by atoms with van der Waals surface area (Å²) in [6, 6.07) is 18.8. The first-order valence-corrected chi connectivity index (χ1v) is 12.3. The van der Waals surface area contributed by atoms with Gasteiger partial charge in [-0.05, 0) is 30.5 Å². The van der Waals surface area contributed by atoms with Crippen molar-refractivity contribution in [1.82, 2.24) is 9.62 Å². The number of nitrogens with zero attached hydrogens (tertiary/aromatic N) is 1. The zero-order chi connectivity index (χ0) is 22.6. The molecule has 2 atom stereocenters. The molecule has 2 unspecified atom stereocenters. The van der Waals surface area contributed by atoms with Crippen molar-refractivity contribution in [1.29, 1.82) is 0 Å². The minimum absolute atomic E-state index is 0.0757. The lowest BCUT2D eigenvalue weighted by Gasteiger charge is -2.48. The summed E-state index contributed by atoms with van der Waals surface area (Å²) in [6.45, 7) is 3.86. The fourth-order valence-electron chi connectivity index (χ4n) is 3.08. The first-order chi connectivity index (χ1) is 14.7. The molecule has 1 N–H and O–H groups in total. The lowest BCUT2D eigenvalue weighted by Crippen LogP contribution is -2.72. The summed E-state index contributed by atoms with van der Waals surface area (Å²) >= 11 is 4.97. The van der Waals surface area contributed by atoms with Crippen LogP contribution in [0.5, 0.6) is 0 Å². The van der Waals surface area contributed by atoms with E-state index in [-0.39, 0.29) is 12.3 Å². The number of ether oxygens (including phenoxy) is 1. The highest BCUT2D eigenvalue weighted by Crippen LogP contribution is 2.49. The number of halogens is 2. The molecule has 1 aliphatic heterocycles. The van der Waals surface area contributed by atoms with Gasteiger partial charge in [-0.3, -0.25) is 9.69 Å². The van der Waals surface area contributed by atoms with Crippen LogP contribution in [0.15, 0.2) is 71.9 Å². The summed E-state index contributed by atoms with van der Waals surface area (Å²) in [5, 5.41) is -0.849. The Kier molecular flexibility index (Phi) is 7.98. The predicted octanol–water partition coefficient (Wildman–Crippen LogP) is 4.13. The molecule has 1 saturated heterocycles. The second-order valence-corrected chi connectivity index (χ2v) is 12.1. The number of hydrogen-bond acceptors (Lipinski definition) is 5. The van der Waals surface area contributed by atoms with Crippen molar-refractivity contribution >= 4 is 55.1 Å². The Balaban J connectivity index is 1.75. The molecule has 0 radical (unpaired) electrons. The van der Waals surface area contributed by atoms with E-state index >= 15 is 0 Å². The largest absolute Gasteiger partial charge is 0.596 e. The van der Waals surface area contributed by atoms with Crippen LogP contribution in [-0.2, 0) is 38.8 Å². The van der Waals surface area contributed by atoms with E-state index in [1.54, 1.807) is 13.8 Å². The zero-order valence-corrected chi connectivity index (χ0v) is 21.0. The van der Waals surface area contributed by atoms with Crippen LogP contribution in [0.1, 0.15) is 25.0 Å². The summed E-state index contributed by atoms with van der Waals surface area (Å²) in [7, 11) is 0. The lowest BCUT2D eigenvalue weighted by molar-refractivity contribution is -0.150. The minimum atomic E-state index is -1.67. The molecule has 3 rings (SSSR count). The van der Waals surface area contributed by atoms with Gasteiger partial charge in [-0.15, -0.1) is 4.72 Å². The van der Waals surface area contributed by atoms with Crippen molar-refractivity contribution in [3.63, 3.8) is 0 Å². The van der Waals surface area contributed by atoms with Crippen LogP contribution < -0.4 is 4.72 Å². The molecule has 6 nitrogen and oxygen atoms in total. The highest BCUT2D eigenvalue weighted by atomic mass is 79.9. The molecule has 1 heterocycles. The molecule has 0 aliphatic carbocycles. The van der Waals surface area contributed by atoms with Gasteiger partial charge < -0.3 is 9.29 Å². The smallest absolute Gasteiger partial charge is 0.355 e. The number of likely N-dealkylation sites (tertiary alicyclic amines) is 1. The van der Waals surface area contributed by atoms with E-state index < -0.39 is 31.8 Å². The molecule has 31 heavy (non-hydrogen) atoms. The molecule has 0 spiro atoms. The number of amides is 1. The Morgan fingerprint density at radius 1 is 1.10 bits per heavy atom. The number of hydrogen-bond donors (Lipinski definition) is 1. The van der Waals surface area contributed by atoms with Crippen LogP contribution >= 0.6 is 31.9 Å². The van der Waals surface area contributed by atoms with Crippen LogP contribution in [0.4, 0.5) is 0 Å². The number of rotatable bonds is 8. The van der Waals surface area contributed by atoms with E-state index in [2.05, 4.69) is 36.6 Å². The number of alkyl halides is 2. The summed E-state index contributed by atoms with van der Waals surface area (Å²) < 4.78 is 20.2. The quantitative estimate of drug-likeness (QED) is 0.170. The van der Waals surface area contributed by atoms with Crippen molar-refractivity contribution in [2.45, 2.75) is 35.6 Å². The molecular weight excluding hydrogens is 548 g/mol. The SMILES string of the molecule is CC(C)=C(C(=O)OCc1ccccc1)N1C(=O)C(Br)(Br)C1[S+]([O-])NCc1ccccc1. The van der Waals surface area contributed by atoms with Crippen LogP contribution in [0.3, 0.4) is 0 Å². The standard InChI is InChI=1S/C22H22Br2N2O4S/c1-15(2)18(19(27)30-14-17-11-7-4-8-12-17)26-20(28)22(23,24)21(26)31(29)25-13-16-9-5-3-6-10-16/h3-12,21,25H,13-14H2,1-2H3. The predicted molar refractivity (Wildman–Crippen MR) is 127 cm³/mol. The maximum Gasteiger partial charge on any atom is 0.355 e. The van der Waals surface area contributed by atoms with E-state index in [1.807, 2.05) is 60.7 Å². The van der Waals surface area contributed by atoms with E-state index in [4.69, 9.17) is 4.74 Å². The van der Waals surface area contributed by atoms with Gasteiger partial charge in [0.25, 0.3) is 5.91 Å². The highest BCUT2D eigenvalue weighted by molar-refractivity contribution is 9.26. The molecule has 9 heteroatoms. The first-order valence-electron chi connectivity index (χ1n) is 9.51. The van der Waals surface area contributed by atoms with Gasteiger partial charge >= 0.3 is 5.97 Å². The normalized spacial score (nSPS) is 18.2. The molecule has 0 bridgehead atoms. The maximum atomic E-state index is 13.1. The molecular formula is C22H22Br2N2O4S. The van der Waals surface area contributed by atoms with E-state index in [0.29, 0.717) is 12.1 Å². The van der Waals surface area contributed by atoms with E-state index in [9.17, 15) is 14.1 Å². The maximum absolute atomic E-state index is 13.1. The Labute approximate surface area is 201 Å². The van der Waals surface area contributed by atoms with E-state index in [1.165, 1.54) is 4.90 Å². The van der Waals surface area contributed by atoms with Crippen molar-refractivity contribution in [3.8, 4) is 0 Å². The Morgan fingerprint density at radius 3 is 2.19 bits per heavy atom. The van der Waals surface area contributed by atoms with Gasteiger partial charge in [0.15, 0.2) is 0 Å². The van der Waals surface area contributed by atoms with Gasteiger partial charge in [0, 0.05) is 0 Å². The third-order valence-electron chi connectivity index (χ3n) is 4.63. The van der Waals surface area contributed by atoms with Crippen molar-refractivity contribution < 1.29 is 18.9 Å². The monoisotopic (exact) mass is 568 g/mol. The van der Waals surface area contributed by atoms with Crippen LogP contribution in [0.2, 0.25) is 0 Å². The second-order valence-electron chi connectivity index (χ2n) is 7.16. The minimum Gasteiger partial charge on any atom is -0.596 e. The number of nitrogens with one attached hydrogen (secondary N) is 1. The van der Waals surface area contributed by atoms with Crippen molar-refractivity contribution in [3.05, 3.63) is 83.1 Å². The van der Waals surface area contributed by atoms with Gasteiger partial charge in [0.1, 0.15) is 12.3 Å². The average Bonchev–Trinajstić information content (AvgIpc) is 2.76. The van der Waals surface area contributed by atoms with Gasteiger partial charge in [-0.2, -0.15) is 0 Å². The third kappa shape index (κ3) is 5.40. The number of esters is 1. The van der Waals surface area contributed by atoms with Gasteiger partial charge in [-0.1, -0.05) is 92.5 Å². The zero-order valence-electron chi connectivity index (χ0n) is 17.0. The molecule has 1 fully saturated rings. The molecule has 1 amide bonds. The van der Waals surface area contributed by atoms with Gasteiger partial charge in [-0.25, -0.2) is 4.79 Å². The van der Waals surface area contributed by atoms with Crippen LogP contribution in [0.25, 0.3) is 0 Å². The van der Waals surface area contributed by atoms with E-state index in [0.717, 1.165) is 11.1 Å². The molecule has 1 aliphatic rings. The summed E-state index contributed by atoms with van der Waals surface area (Å²) in [4.78, 5) is 26.9. The highest BCUT2D eigenvalue weighted by Gasteiger charge is 2.67. The fourth-order valence-corrected chi connectivity index (χ4v) is 6.12. The van der Waals surface area contributed by atoms with Crippen molar-refractivity contribution in [2.75, 3.05) is 0 Å². The first kappa shape index (κ1) is 24.0. The molecule has 2 aromatic rings. The number of carbonyl (C=O) groups is 2. The summed E-state index contributed by atoms with van der Waals surface area (Å²) in [6.07, 6.45) is 0. The summed E-state index contributed by atoms with van der Waals surface area (Å²) in [5.74, 6) is -1.06. The fraction of sp³-hybridized carbons (Fsp3) is 0.273. The molecule has 2 aromatic carbocycles. The average molecular weight is 570 g/mol. The van der Waals surface area contributed by atoms with Crippen LogP contribution in [-0.4, -0.2) is 29.9 Å². The van der Waals surface area contributed by atoms with Crippen molar-refractivity contribution in [2.24, 2.45) is 0 Å². The molecule has 0 aromatic heterocycles. The number of allylic oxidation sites excluding steroid dienone is 1.